The first-order valence-electron chi connectivity index (χ1n) is 5.92. The molecule has 0 aromatic heterocycles. The molecule has 1 aliphatic rings. The molecule has 4 amide bonds. The van der Waals surface area contributed by atoms with Gasteiger partial charge in [0.2, 0.25) is 11.8 Å². The van der Waals surface area contributed by atoms with Crippen LogP contribution in [-0.2, 0) is 9.59 Å². The van der Waals surface area contributed by atoms with E-state index in [1.165, 1.54) is 26.0 Å². The van der Waals surface area contributed by atoms with E-state index in [1.807, 2.05) is 5.32 Å². The summed E-state index contributed by atoms with van der Waals surface area (Å²) in [6.45, 7) is 2.54. The molecule has 1 aromatic carbocycles. The number of carbonyl (C=O) groups excluding carboxylic acids is 4. The van der Waals surface area contributed by atoms with E-state index in [0.717, 1.165) is 4.90 Å². The molecule has 1 heterocycles. The molecular formula is C13H13N3O4. The van der Waals surface area contributed by atoms with Crippen molar-refractivity contribution < 1.29 is 19.2 Å². The first-order valence-corrected chi connectivity index (χ1v) is 5.92. The van der Waals surface area contributed by atoms with Crippen LogP contribution in [-0.4, -0.2) is 34.6 Å². The third-order valence-corrected chi connectivity index (χ3v) is 3.04. The van der Waals surface area contributed by atoms with Gasteiger partial charge < -0.3 is 5.73 Å². The number of hydrogen-bond acceptors (Lipinski definition) is 5. The largest absolute Gasteiger partial charge is 0.398 e. The van der Waals surface area contributed by atoms with Crippen molar-refractivity contribution in [2.24, 2.45) is 0 Å². The zero-order valence-electron chi connectivity index (χ0n) is 11.0. The highest BCUT2D eigenvalue weighted by molar-refractivity contribution is 6.25. The summed E-state index contributed by atoms with van der Waals surface area (Å²) in [7, 11) is 0. The van der Waals surface area contributed by atoms with Crippen LogP contribution in [0.2, 0.25) is 0 Å². The Morgan fingerprint density at radius 2 is 1.90 bits per heavy atom. The topological polar surface area (TPSA) is 110 Å². The Morgan fingerprint density at radius 1 is 1.25 bits per heavy atom. The third-order valence-electron chi connectivity index (χ3n) is 3.04. The molecule has 0 radical (unpaired) electrons. The molecule has 2 rings (SSSR count). The second-order valence-corrected chi connectivity index (χ2v) is 4.47. The van der Waals surface area contributed by atoms with E-state index in [9.17, 15) is 19.2 Å². The van der Waals surface area contributed by atoms with Crippen molar-refractivity contribution in [2.45, 2.75) is 19.9 Å². The second-order valence-electron chi connectivity index (χ2n) is 4.47. The summed E-state index contributed by atoms with van der Waals surface area (Å²) in [5.41, 5.74) is 6.13. The van der Waals surface area contributed by atoms with Crippen LogP contribution in [0.4, 0.5) is 5.69 Å². The Hall–Kier alpha value is -2.70. The van der Waals surface area contributed by atoms with Crippen molar-refractivity contribution in [1.82, 2.24) is 10.2 Å². The molecule has 1 unspecified atom stereocenters. The normalized spacial score (nSPS) is 15.0. The van der Waals surface area contributed by atoms with E-state index < -0.39 is 29.7 Å². The Bertz CT molecular complexity index is 639. The van der Waals surface area contributed by atoms with Crippen molar-refractivity contribution in [3.8, 4) is 0 Å². The Labute approximate surface area is 114 Å². The van der Waals surface area contributed by atoms with Gasteiger partial charge in [-0.3, -0.25) is 29.4 Å². The van der Waals surface area contributed by atoms with Gasteiger partial charge in [-0.05, 0) is 19.1 Å². The lowest BCUT2D eigenvalue weighted by Crippen LogP contribution is -2.48. The van der Waals surface area contributed by atoms with Crippen LogP contribution in [0.15, 0.2) is 18.2 Å². The molecule has 104 valence electrons. The monoisotopic (exact) mass is 275 g/mol. The lowest BCUT2D eigenvalue weighted by atomic mass is 10.1. The first kappa shape index (κ1) is 13.7. The number of anilines is 1. The number of carbonyl (C=O) groups is 4. The summed E-state index contributed by atoms with van der Waals surface area (Å²) >= 11 is 0. The fraction of sp³-hybridized carbons (Fsp3) is 0.231. The molecule has 1 aromatic rings. The molecule has 3 N–H and O–H groups in total. The van der Waals surface area contributed by atoms with Crippen LogP contribution < -0.4 is 11.1 Å². The summed E-state index contributed by atoms with van der Waals surface area (Å²) in [6, 6.07) is 3.45. The van der Waals surface area contributed by atoms with E-state index in [1.54, 1.807) is 6.07 Å². The Morgan fingerprint density at radius 3 is 2.45 bits per heavy atom. The average Bonchev–Trinajstić information content (AvgIpc) is 2.61. The number of fused-ring (bicyclic) bond motifs is 1. The van der Waals surface area contributed by atoms with Gasteiger partial charge in [-0.25, -0.2) is 0 Å². The van der Waals surface area contributed by atoms with Gasteiger partial charge in [0.1, 0.15) is 6.04 Å². The third kappa shape index (κ3) is 2.03. The first-order chi connectivity index (χ1) is 9.34. The number of hydrogen-bond donors (Lipinski definition) is 2. The van der Waals surface area contributed by atoms with Crippen molar-refractivity contribution >= 4 is 29.3 Å². The van der Waals surface area contributed by atoms with Gasteiger partial charge in [0.15, 0.2) is 0 Å². The maximum Gasteiger partial charge on any atom is 0.264 e. The standard InChI is InChI=1S/C13H13N3O4/c1-6(11(18)15-7(2)17)16-12(19)8-4-3-5-9(14)10(8)13(16)20/h3-6H,14H2,1-2H3,(H,15,17,18). The quantitative estimate of drug-likeness (QED) is 0.579. The van der Waals surface area contributed by atoms with Crippen molar-refractivity contribution in [3.63, 3.8) is 0 Å². The lowest BCUT2D eigenvalue weighted by Gasteiger charge is -2.20. The SMILES string of the molecule is CC(=O)NC(=O)C(C)N1C(=O)c2cccc(N)c2C1=O. The number of benzene rings is 1. The summed E-state index contributed by atoms with van der Waals surface area (Å²) in [5, 5.41) is 2.05. The zero-order chi connectivity index (χ0) is 15.0. The summed E-state index contributed by atoms with van der Waals surface area (Å²) < 4.78 is 0. The van der Waals surface area contributed by atoms with Crippen LogP contribution in [0, 0.1) is 0 Å². The maximum absolute atomic E-state index is 12.2. The van der Waals surface area contributed by atoms with E-state index in [-0.39, 0.29) is 16.8 Å². The van der Waals surface area contributed by atoms with Crippen LogP contribution in [0.3, 0.4) is 0 Å². The summed E-state index contributed by atoms with van der Waals surface area (Å²) in [5.74, 6) is -2.50. The van der Waals surface area contributed by atoms with Gasteiger partial charge in [0.25, 0.3) is 11.8 Å². The van der Waals surface area contributed by atoms with Crippen LogP contribution >= 0.6 is 0 Å². The molecule has 0 fully saturated rings. The summed E-state index contributed by atoms with van der Waals surface area (Å²) in [6.07, 6.45) is 0. The number of rotatable bonds is 2. The number of imide groups is 2. The predicted molar refractivity (Wildman–Crippen MR) is 69.6 cm³/mol. The Kier molecular flexibility index (Phi) is 3.27. The van der Waals surface area contributed by atoms with E-state index >= 15 is 0 Å². The van der Waals surface area contributed by atoms with Gasteiger partial charge in [0.05, 0.1) is 11.1 Å². The number of nitrogens with zero attached hydrogens (tertiary/aromatic N) is 1. The molecule has 20 heavy (non-hydrogen) atoms. The van der Waals surface area contributed by atoms with Gasteiger partial charge in [-0.15, -0.1) is 0 Å². The van der Waals surface area contributed by atoms with Crippen molar-refractivity contribution in [2.75, 3.05) is 5.73 Å². The molecule has 0 saturated heterocycles. The van der Waals surface area contributed by atoms with Crippen LogP contribution in [0.1, 0.15) is 34.6 Å². The maximum atomic E-state index is 12.2. The van der Waals surface area contributed by atoms with E-state index in [0.29, 0.717) is 0 Å². The minimum atomic E-state index is -1.09. The lowest BCUT2D eigenvalue weighted by molar-refractivity contribution is -0.131. The minimum absolute atomic E-state index is 0.0972. The molecule has 7 nitrogen and oxygen atoms in total. The molecule has 0 aliphatic carbocycles. The summed E-state index contributed by atoms with van der Waals surface area (Å²) in [4.78, 5) is 47.8. The second kappa shape index (κ2) is 4.76. The fourth-order valence-electron chi connectivity index (χ4n) is 2.08. The molecule has 0 saturated carbocycles. The fourth-order valence-corrected chi connectivity index (χ4v) is 2.08. The Balaban J connectivity index is 2.35. The number of nitrogens with one attached hydrogen (secondary N) is 1. The van der Waals surface area contributed by atoms with Crippen LogP contribution in [0.25, 0.3) is 0 Å². The highest BCUT2D eigenvalue weighted by atomic mass is 16.2. The number of amides is 4. The molecule has 0 spiro atoms. The van der Waals surface area contributed by atoms with E-state index in [4.69, 9.17) is 5.73 Å². The minimum Gasteiger partial charge on any atom is -0.398 e. The molecule has 0 bridgehead atoms. The molecule has 7 heteroatoms. The number of nitrogen functional groups attached to an aromatic ring is 1. The molecule has 1 aliphatic heterocycles. The number of nitrogens with two attached hydrogens (primary N) is 1. The smallest absolute Gasteiger partial charge is 0.264 e. The van der Waals surface area contributed by atoms with Gasteiger partial charge in [-0.2, -0.15) is 0 Å². The van der Waals surface area contributed by atoms with Crippen molar-refractivity contribution in [1.29, 1.82) is 0 Å². The van der Waals surface area contributed by atoms with E-state index in [2.05, 4.69) is 0 Å². The highest BCUT2D eigenvalue weighted by Gasteiger charge is 2.42. The van der Waals surface area contributed by atoms with Gasteiger partial charge in [0, 0.05) is 12.6 Å². The van der Waals surface area contributed by atoms with Gasteiger partial charge in [-0.1, -0.05) is 6.07 Å². The average molecular weight is 275 g/mol. The molecule has 1 atom stereocenters. The zero-order valence-corrected chi connectivity index (χ0v) is 11.0. The van der Waals surface area contributed by atoms with Crippen molar-refractivity contribution in [3.05, 3.63) is 29.3 Å². The highest BCUT2D eigenvalue weighted by Crippen LogP contribution is 2.28. The van der Waals surface area contributed by atoms with Crippen LogP contribution in [0.5, 0.6) is 0 Å². The molecular weight excluding hydrogens is 262 g/mol. The van der Waals surface area contributed by atoms with Gasteiger partial charge >= 0.3 is 0 Å². The predicted octanol–water partition coefficient (Wildman–Crippen LogP) is -0.0840.